The molecule has 0 saturated heterocycles. The third kappa shape index (κ3) is 4.13. The van der Waals surface area contributed by atoms with E-state index in [4.69, 9.17) is 11.6 Å². The lowest BCUT2D eigenvalue weighted by Gasteiger charge is -2.16. The van der Waals surface area contributed by atoms with Gasteiger partial charge in [0.05, 0.1) is 16.2 Å². The molecule has 0 saturated carbocycles. The molecule has 1 aromatic heterocycles. The Balaban J connectivity index is 1.89. The van der Waals surface area contributed by atoms with E-state index in [2.05, 4.69) is 16.9 Å². The topological polar surface area (TPSA) is 64.0 Å². The highest BCUT2D eigenvalue weighted by Gasteiger charge is 2.20. The quantitative estimate of drug-likeness (QED) is 0.362. The average Bonchev–Trinajstić information content (AvgIpc) is 2.68. The Hall–Kier alpha value is -2.57. The lowest BCUT2D eigenvalue weighted by Crippen LogP contribution is -2.27. The highest BCUT2D eigenvalue weighted by Crippen LogP contribution is 2.26. The molecule has 0 unspecified atom stereocenters. The Labute approximate surface area is 172 Å². The summed E-state index contributed by atoms with van der Waals surface area (Å²) >= 11 is 7.36. The normalized spacial score (nSPS) is 12.0. The molecule has 7 heteroatoms. The van der Waals surface area contributed by atoms with E-state index in [0.29, 0.717) is 33.3 Å². The lowest BCUT2D eigenvalue weighted by atomic mass is 10.2. The van der Waals surface area contributed by atoms with Gasteiger partial charge in [0, 0.05) is 17.3 Å². The first kappa shape index (κ1) is 20.2. The first-order valence-corrected chi connectivity index (χ1v) is 10.0. The van der Waals surface area contributed by atoms with Crippen LogP contribution in [0.2, 0.25) is 5.02 Å². The molecule has 2 aromatic carbocycles. The van der Waals surface area contributed by atoms with E-state index in [1.807, 2.05) is 13.0 Å². The lowest BCUT2D eigenvalue weighted by molar-refractivity contribution is -0.115. The molecule has 1 heterocycles. The zero-order valence-electron chi connectivity index (χ0n) is 15.6. The maximum Gasteiger partial charge on any atom is 0.262 e. The second kappa shape index (κ2) is 8.63. The van der Waals surface area contributed by atoms with Crippen molar-refractivity contribution in [1.82, 2.24) is 9.55 Å². The van der Waals surface area contributed by atoms with Crippen LogP contribution in [0.4, 0.5) is 5.69 Å². The molecule has 28 heavy (non-hydrogen) atoms. The van der Waals surface area contributed by atoms with Crippen LogP contribution in [0.3, 0.4) is 0 Å². The van der Waals surface area contributed by atoms with Crippen LogP contribution in [0.25, 0.3) is 10.9 Å². The number of benzene rings is 2. The largest absolute Gasteiger partial charge is 0.325 e. The minimum absolute atomic E-state index is 0.147. The zero-order valence-corrected chi connectivity index (χ0v) is 17.2. The van der Waals surface area contributed by atoms with Crippen molar-refractivity contribution in [3.05, 3.63) is 76.1 Å². The van der Waals surface area contributed by atoms with Crippen molar-refractivity contribution in [3.63, 3.8) is 0 Å². The fraction of sp³-hybridized carbons (Fsp3) is 0.190. The standard InChI is InChI=1S/C21H20ClN3O2S/c1-4-12-25-20(27)15-8-5-6-10-18(15)24-21(25)28-14(3)19(26)23-17-11-7-9-16(22)13(17)2/h4-11,14H,1,12H2,2-3H3,(H,23,26)/t14-/m0/s1. The van der Waals surface area contributed by atoms with Crippen molar-refractivity contribution in [2.45, 2.75) is 30.8 Å². The van der Waals surface area contributed by atoms with E-state index >= 15 is 0 Å². The number of nitrogens with zero attached hydrogens (tertiary/aromatic N) is 2. The van der Waals surface area contributed by atoms with Crippen LogP contribution >= 0.6 is 23.4 Å². The molecule has 1 amide bonds. The molecule has 0 aliphatic heterocycles. The van der Waals surface area contributed by atoms with Gasteiger partial charge >= 0.3 is 0 Å². The van der Waals surface area contributed by atoms with E-state index in [1.165, 1.54) is 16.3 Å². The van der Waals surface area contributed by atoms with Crippen LogP contribution < -0.4 is 10.9 Å². The number of thioether (sulfide) groups is 1. The number of halogens is 1. The van der Waals surface area contributed by atoms with Gasteiger partial charge in [0.15, 0.2) is 5.16 Å². The fourth-order valence-corrected chi connectivity index (χ4v) is 3.81. The minimum atomic E-state index is -0.470. The summed E-state index contributed by atoms with van der Waals surface area (Å²) in [6, 6.07) is 12.5. The average molecular weight is 414 g/mol. The van der Waals surface area contributed by atoms with Gasteiger partial charge in [-0.15, -0.1) is 6.58 Å². The Morgan fingerprint density at radius 3 is 2.82 bits per heavy atom. The molecule has 0 aliphatic carbocycles. The number of hydrogen-bond acceptors (Lipinski definition) is 4. The molecule has 0 radical (unpaired) electrons. The summed E-state index contributed by atoms with van der Waals surface area (Å²) < 4.78 is 1.54. The first-order chi connectivity index (χ1) is 13.4. The van der Waals surface area contributed by atoms with Gasteiger partial charge in [-0.2, -0.15) is 0 Å². The maximum atomic E-state index is 12.8. The van der Waals surface area contributed by atoms with Gasteiger partial charge < -0.3 is 5.32 Å². The summed E-state index contributed by atoms with van der Waals surface area (Å²) in [6.07, 6.45) is 1.64. The predicted octanol–water partition coefficient (Wildman–Crippen LogP) is 4.66. The highest BCUT2D eigenvalue weighted by atomic mass is 35.5. The van der Waals surface area contributed by atoms with Gasteiger partial charge in [0.25, 0.3) is 5.56 Å². The van der Waals surface area contributed by atoms with Gasteiger partial charge in [-0.05, 0) is 43.7 Å². The SMILES string of the molecule is C=CCn1c(S[C@@H](C)C(=O)Nc2cccc(Cl)c2C)nc2ccccc2c1=O. The van der Waals surface area contributed by atoms with Crippen molar-refractivity contribution < 1.29 is 4.79 Å². The predicted molar refractivity (Wildman–Crippen MR) is 116 cm³/mol. The van der Waals surface area contributed by atoms with Crippen LogP contribution in [0.1, 0.15) is 12.5 Å². The summed E-state index contributed by atoms with van der Waals surface area (Å²) in [7, 11) is 0. The monoisotopic (exact) mass is 413 g/mol. The number of rotatable bonds is 6. The molecule has 0 spiro atoms. The molecular formula is C21H20ClN3O2S. The number of allylic oxidation sites excluding steroid dienone is 1. The zero-order chi connectivity index (χ0) is 20.3. The number of carbonyl (C=O) groups excluding carboxylic acids is 1. The molecule has 3 rings (SSSR count). The summed E-state index contributed by atoms with van der Waals surface area (Å²) in [5, 5.41) is 4.04. The van der Waals surface area contributed by atoms with E-state index in [1.54, 1.807) is 49.4 Å². The number of hydrogen-bond donors (Lipinski definition) is 1. The fourth-order valence-electron chi connectivity index (χ4n) is 2.72. The number of fused-ring (bicyclic) bond motifs is 1. The summed E-state index contributed by atoms with van der Waals surface area (Å²) in [6.45, 7) is 7.66. The van der Waals surface area contributed by atoms with E-state index in [9.17, 15) is 9.59 Å². The van der Waals surface area contributed by atoms with Gasteiger partial charge in [0.1, 0.15) is 0 Å². The number of carbonyl (C=O) groups is 1. The third-order valence-electron chi connectivity index (χ3n) is 4.32. The van der Waals surface area contributed by atoms with Crippen LogP contribution in [0, 0.1) is 6.92 Å². The van der Waals surface area contributed by atoms with Crippen molar-refractivity contribution in [1.29, 1.82) is 0 Å². The Bertz CT molecular complexity index is 1110. The molecule has 5 nitrogen and oxygen atoms in total. The van der Waals surface area contributed by atoms with Crippen molar-refractivity contribution in [2.24, 2.45) is 0 Å². The maximum absolute atomic E-state index is 12.8. The smallest absolute Gasteiger partial charge is 0.262 e. The molecule has 0 aliphatic rings. The highest BCUT2D eigenvalue weighted by molar-refractivity contribution is 8.00. The van der Waals surface area contributed by atoms with E-state index in [-0.39, 0.29) is 11.5 Å². The number of amides is 1. The van der Waals surface area contributed by atoms with Crippen LogP contribution in [0.15, 0.2) is 65.1 Å². The molecule has 1 N–H and O–H groups in total. The summed E-state index contributed by atoms with van der Waals surface area (Å²) in [4.78, 5) is 30.1. The van der Waals surface area contributed by atoms with E-state index in [0.717, 1.165) is 5.56 Å². The van der Waals surface area contributed by atoms with Crippen molar-refractivity contribution >= 4 is 45.9 Å². The van der Waals surface area contributed by atoms with Crippen molar-refractivity contribution in [2.75, 3.05) is 5.32 Å². The Kier molecular flexibility index (Phi) is 6.21. The molecule has 0 bridgehead atoms. The molecule has 144 valence electrons. The number of aromatic nitrogens is 2. The molecule has 0 fully saturated rings. The molecule has 1 atom stereocenters. The van der Waals surface area contributed by atoms with Gasteiger partial charge in [-0.1, -0.05) is 47.6 Å². The van der Waals surface area contributed by atoms with Gasteiger partial charge in [0.2, 0.25) is 5.91 Å². The number of nitrogens with one attached hydrogen (secondary N) is 1. The second-order valence-electron chi connectivity index (χ2n) is 6.28. The van der Waals surface area contributed by atoms with Gasteiger partial charge in [-0.3, -0.25) is 14.2 Å². The van der Waals surface area contributed by atoms with Gasteiger partial charge in [-0.25, -0.2) is 4.98 Å². The second-order valence-corrected chi connectivity index (χ2v) is 7.99. The first-order valence-electron chi connectivity index (χ1n) is 8.75. The Morgan fingerprint density at radius 2 is 2.07 bits per heavy atom. The van der Waals surface area contributed by atoms with Crippen LogP contribution in [-0.4, -0.2) is 20.7 Å². The third-order valence-corrected chi connectivity index (χ3v) is 5.81. The van der Waals surface area contributed by atoms with Crippen LogP contribution in [0.5, 0.6) is 0 Å². The Morgan fingerprint density at radius 1 is 1.32 bits per heavy atom. The number of anilines is 1. The minimum Gasteiger partial charge on any atom is -0.325 e. The molecule has 3 aromatic rings. The van der Waals surface area contributed by atoms with Crippen LogP contribution in [-0.2, 0) is 11.3 Å². The number of para-hydroxylation sites is 1. The summed E-state index contributed by atoms with van der Waals surface area (Å²) in [5.74, 6) is -0.192. The van der Waals surface area contributed by atoms with Crippen molar-refractivity contribution in [3.8, 4) is 0 Å². The molecular weight excluding hydrogens is 394 g/mol. The summed E-state index contributed by atoms with van der Waals surface area (Å²) in [5.41, 5.74) is 1.93. The van der Waals surface area contributed by atoms with E-state index < -0.39 is 5.25 Å².